The van der Waals surface area contributed by atoms with Crippen molar-refractivity contribution in [2.75, 3.05) is 44.6 Å². The molecule has 2 saturated heterocycles. The highest BCUT2D eigenvalue weighted by atomic mass is 32.1. The van der Waals surface area contributed by atoms with E-state index in [2.05, 4.69) is 34.3 Å². The molecule has 4 heterocycles. The van der Waals surface area contributed by atoms with Crippen LogP contribution in [0.3, 0.4) is 0 Å². The summed E-state index contributed by atoms with van der Waals surface area (Å²) in [4.78, 5) is 21.9. The first-order valence-electron chi connectivity index (χ1n) is 11.3. The van der Waals surface area contributed by atoms with Crippen molar-refractivity contribution in [3.05, 3.63) is 28.9 Å². The first kappa shape index (κ1) is 22.1. The molecule has 1 amide bonds. The van der Waals surface area contributed by atoms with Gasteiger partial charge in [-0.15, -0.1) is 10.2 Å². The summed E-state index contributed by atoms with van der Waals surface area (Å²) in [7, 11) is 0. The van der Waals surface area contributed by atoms with Crippen LogP contribution in [-0.2, 0) is 16.0 Å². The van der Waals surface area contributed by atoms with E-state index < -0.39 is 0 Å². The Labute approximate surface area is 188 Å². The maximum Gasteiger partial charge on any atom is 0.224 e. The van der Waals surface area contributed by atoms with Crippen LogP contribution in [0.2, 0.25) is 0 Å². The molecule has 1 N–H and O–H groups in total. The van der Waals surface area contributed by atoms with E-state index >= 15 is 0 Å². The number of nitrogens with zero attached hydrogens (tertiary/aromatic N) is 5. The lowest BCUT2D eigenvalue weighted by molar-refractivity contribution is -0.139. The molecular formula is C22H32N6O2S. The molecule has 168 valence electrons. The molecule has 0 aromatic carbocycles. The topological polar surface area (TPSA) is 83.5 Å². The number of likely N-dealkylation sites (tertiary alicyclic amines) is 1. The molecule has 1 atom stereocenters. The minimum atomic E-state index is -0.212. The van der Waals surface area contributed by atoms with Crippen LogP contribution in [0.15, 0.2) is 18.2 Å². The summed E-state index contributed by atoms with van der Waals surface area (Å²) in [6.07, 6.45) is 3.70. The van der Waals surface area contributed by atoms with E-state index in [0.717, 1.165) is 47.8 Å². The van der Waals surface area contributed by atoms with Crippen molar-refractivity contribution in [3.63, 3.8) is 0 Å². The summed E-state index contributed by atoms with van der Waals surface area (Å²) in [6, 6.07) is 5.81. The van der Waals surface area contributed by atoms with Gasteiger partial charge in [0.05, 0.1) is 18.8 Å². The van der Waals surface area contributed by atoms with Gasteiger partial charge in [0.1, 0.15) is 16.9 Å². The predicted molar refractivity (Wildman–Crippen MR) is 122 cm³/mol. The highest BCUT2D eigenvalue weighted by molar-refractivity contribution is 7.15. The Kier molecular flexibility index (Phi) is 7.47. The minimum absolute atomic E-state index is 0.210. The van der Waals surface area contributed by atoms with E-state index in [4.69, 9.17) is 9.72 Å². The summed E-state index contributed by atoms with van der Waals surface area (Å²) in [6.45, 7) is 9.17. The number of pyridine rings is 1. The summed E-state index contributed by atoms with van der Waals surface area (Å²) < 4.78 is 5.96. The minimum Gasteiger partial charge on any atom is -0.368 e. The molecule has 2 aliphatic heterocycles. The summed E-state index contributed by atoms with van der Waals surface area (Å²) in [5, 5.41) is 13.2. The van der Waals surface area contributed by atoms with E-state index in [9.17, 15) is 4.79 Å². The Hall–Kier alpha value is -2.10. The number of rotatable bonds is 7. The molecule has 2 aliphatic rings. The van der Waals surface area contributed by atoms with Crippen molar-refractivity contribution in [3.8, 4) is 0 Å². The Morgan fingerprint density at radius 2 is 2.10 bits per heavy atom. The molecular weight excluding hydrogens is 412 g/mol. The molecule has 0 unspecified atom stereocenters. The second-order valence-corrected chi connectivity index (χ2v) is 9.46. The fourth-order valence-corrected chi connectivity index (χ4v) is 4.70. The van der Waals surface area contributed by atoms with Gasteiger partial charge in [-0.3, -0.25) is 4.79 Å². The van der Waals surface area contributed by atoms with Crippen LogP contribution >= 0.6 is 11.3 Å². The van der Waals surface area contributed by atoms with Gasteiger partial charge in [-0.2, -0.15) is 0 Å². The monoisotopic (exact) mass is 444 g/mol. The van der Waals surface area contributed by atoms with E-state index in [1.165, 1.54) is 24.2 Å². The number of aryl methyl sites for hydroxylation is 1. The van der Waals surface area contributed by atoms with Gasteiger partial charge in [-0.25, -0.2) is 4.98 Å². The first-order valence-corrected chi connectivity index (χ1v) is 12.1. The van der Waals surface area contributed by atoms with Crippen LogP contribution in [0.25, 0.3) is 0 Å². The number of hydrogen-bond donors (Lipinski definition) is 1. The van der Waals surface area contributed by atoms with Crippen LogP contribution in [0.5, 0.6) is 0 Å². The Morgan fingerprint density at radius 3 is 2.87 bits per heavy atom. The van der Waals surface area contributed by atoms with Crippen molar-refractivity contribution in [1.82, 2.24) is 25.0 Å². The molecule has 2 aromatic rings. The first-order chi connectivity index (χ1) is 15.1. The Bertz CT molecular complexity index is 867. The molecule has 2 fully saturated rings. The lowest BCUT2D eigenvalue weighted by Gasteiger charge is -2.34. The van der Waals surface area contributed by atoms with E-state index in [1.807, 2.05) is 23.1 Å². The van der Waals surface area contributed by atoms with Crippen LogP contribution in [-0.4, -0.2) is 70.2 Å². The smallest absolute Gasteiger partial charge is 0.224 e. The number of aromatic nitrogens is 3. The molecule has 0 spiro atoms. The largest absolute Gasteiger partial charge is 0.368 e. The van der Waals surface area contributed by atoms with Gasteiger partial charge in [0.15, 0.2) is 0 Å². The maximum absolute atomic E-state index is 12.8. The van der Waals surface area contributed by atoms with E-state index in [-0.39, 0.29) is 12.0 Å². The molecule has 0 radical (unpaired) electrons. The number of morpholine rings is 1. The van der Waals surface area contributed by atoms with E-state index in [1.54, 1.807) is 0 Å². The van der Waals surface area contributed by atoms with Crippen molar-refractivity contribution in [1.29, 1.82) is 0 Å². The fraction of sp³-hybridized carbons (Fsp3) is 0.636. The van der Waals surface area contributed by atoms with Crippen molar-refractivity contribution >= 4 is 28.2 Å². The van der Waals surface area contributed by atoms with Gasteiger partial charge in [0, 0.05) is 19.5 Å². The van der Waals surface area contributed by atoms with Crippen LogP contribution in [0.1, 0.15) is 49.9 Å². The third-order valence-corrected chi connectivity index (χ3v) is 7.03. The van der Waals surface area contributed by atoms with Gasteiger partial charge in [-0.1, -0.05) is 31.3 Å². The summed E-state index contributed by atoms with van der Waals surface area (Å²) >= 11 is 1.53. The maximum atomic E-state index is 12.8. The lowest BCUT2D eigenvalue weighted by atomic mass is 9.99. The summed E-state index contributed by atoms with van der Waals surface area (Å²) in [5.74, 6) is 1.73. The third-order valence-electron chi connectivity index (χ3n) is 6.04. The Balaban J connectivity index is 1.32. The van der Waals surface area contributed by atoms with Gasteiger partial charge in [0.2, 0.25) is 11.0 Å². The molecule has 0 aliphatic carbocycles. The van der Waals surface area contributed by atoms with Crippen LogP contribution in [0.4, 0.5) is 10.9 Å². The van der Waals surface area contributed by atoms with Crippen LogP contribution in [0, 0.1) is 5.92 Å². The zero-order chi connectivity index (χ0) is 21.6. The normalized spacial score (nSPS) is 20.7. The number of ether oxygens (including phenoxy) is 1. The Morgan fingerprint density at radius 1 is 1.26 bits per heavy atom. The van der Waals surface area contributed by atoms with Gasteiger partial charge >= 0.3 is 0 Å². The standard InChI is InChI=1S/C22H32N6O2S/c1-3-20-25-26-22(31-20)24-19-6-4-5-17(23-19)18-15-28(13-14-30-18)21(29)9-12-27-10-7-16(2)8-11-27/h4-6,16,18H,3,7-15H2,1-2H3,(H,23,24,26)/t18-/m0/s1. The number of anilines is 2. The molecule has 9 heteroatoms. The number of carbonyl (C=O) groups is 1. The number of piperidine rings is 1. The predicted octanol–water partition coefficient (Wildman–Crippen LogP) is 3.26. The molecule has 0 bridgehead atoms. The second kappa shape index (κ2) is 10.5. The van der Waals surface area contributed by atoms with Crippen molar-refractivity contribution in [2.45, 2.75) is 45.6 Å². The van der Waals surface area contributed by atoms with E-state index in [0.29, 0.717) is 31.9 Å². The quantitative estimate of drug-likeness (QED) is 0.702. The number of carbonyl (C=O) groups excluding carboxylic acids is 1. The van der Waals surface area contributed by atoms with Gasteiger partial charge < -0.3 is 19.9 Å². The average molecular weight is 445 g/mol. The zero-order valence-electron chi connectivity index (χ0n) is 18.4. The molecule has 4 rings (SSSR count). The average Bonchev–Trinajstić information content (AvgIpc) is 3.26. The number of nitrogens with one attached hydrogen (secondary N) is 1. The SMILES string of the molecule is CCc1nnc(Nc2cccc([C@@H]3CN(C(=O)CCN4CCC(C)CC4)CCO3)n2)s1. The van der Waals surface area contributed by atoms with Crippen molar-refractivity contribution in [2.24, 2.45) is 5.92 Å². The number of amides is 1. The summed E-state index contributed by atoms with van der Waals surface area (Å²) in [5.41, 5.74) is 0.827. The molecule has 31 heavy (non-hydrogen) atoms. The zero-order valence-corrected chi connectivity index (χ0v) is 19.2. The third kappa shape index (κ3) is 5.99. The second-order valence-electron chi connectivity index (χ2n) is 8.40. The highest BCUT2D eigenvalue weighted by Gasteiger charge is 2.27. The van der Waals surface area contributed by atoms with Gasteiger partial charge in [-0.05, 0) is 50.4 Å². The van der Waals surface area contributed by atoms with Crippen molar-refractivity contribution < 1.29 is 9.53 Å². The highest BCUT2D eigenvalue weighted by Crippen LogP contribution is 2.25. The number of hydrogen-bond acceptors (Lipinski definition) is 8. The fourth-order valence-electron chi connectivity index (χ4n) is 4.01. The molecule has 8 nitrogen and oxygen atoms in total. The molecule has 0 saturated carbocycles. The lowest BCUT2D eigenvalue weighted by Crippen LogP contribution is -2.44. The van der Waals surface area contributed by atoms with Gasteiger partial charge in [0.25, 0.3) is 0 Å². The molecule has 2 aromatic heterocycles. The van der Waals surface area contributed by atoms with Crippen LogP contribution < -0.4 is 5.32 Å².